The first kappa shape index (κ1) is 20.1. The van der Waals surface area contributed by atoms with Crippen molar-refractivity contribution >= 4 is 22.0 Å². The number of carbonyl (C=O) groups is 1. The number of carbonyl (C=O) groups excluding carboxylic acids is 1. The zero-order valence-corrected chi connectivity index (χ0v) is 17.6. The number of rotatable bonds is 7. The second kappa shape index (κ2) is 9.55. The van der Waals surface area contributed by atoms with Crippen LogP contribution >= 0.6 is 15.9 Å². The molecule has 1 heterocycles. The molecule has 0 fully saturated rings. The maximum absolute atomic E-state index is 11.6. The molecule has 0 unspecified atom stereocenters. The summed E-state index contributed by atoms with van der Waals surface area (Å²) >= 11 is 3.46. The van der Waals surface area contributed by atoms with Gasteiger partial charge in [-0.1, -0.05) is 66.2 Å². The fourth-order valence-corrected chi connectivity index (χ4v) is 2.96. The number of nitrogens with one attached hydrogen (secondary N) is 2. The van der Waals surface area contributed by atoms with Crippen molar-refractivity contribution in [2.24, 2.45) is 5.92 Å². The number of ether oxygens (including phenoxy) is 1. The molecule has 1 amide bonds. The Morgan fingerprint density at radius 3 is 2.32 bits per heavy atom. The summed E-state index contributed by atoms with van der Waals surface area (Å²) in [6.07, 6.45) is 2.05. The first-order chi connectivity index (χ1) is 13.5. The van der Waals surface area contributed by atoms with E-state index in [0.717, 1.165) is 21.6 Å². The summed E-state index contributed by atoms with van der Waals surface area (Å²) < 4.78 is 6.16. The number of alkyl carbamates (subject to hydrolysis) is 1. The fraction of sp³-hybridized carbons (Fsp3) is 0.273. The maximum atomic E-state index is 11.6. The number of aromatic nitrogens is 2. The van der Waals surface area contributed by atoms with E-state index < -0.39 is 0 Å². The molecule has 146 valence electrons. The summed E-state index contributed by atoms with van der Waals surface area (Å²) in [6, 6.07) is 16.6. The molecule has 0 saturated carbocycles. The van der Waals surface area contributed by atoms with Gasteiger partial charge in [-0.3, -0.25) is 0 Å². The number of hydrogen-bond donors (Lipinski definition) is 2. The molecule has 0 aliphatic heterocycles. The predicted molar refractivity (Wildman–Crippen MR) is 115 cm³/mol. The van der Waals surface area contributed by atoms with Gasteiger partial charge in [0.1, 0.15) is 5.82 Å². The van der Waals surface area contributed by atoms with E-state index in [0.29, 0.717) is 25.5 Å². The minimum Gasteiger partial charge on any atom is -0.449 e. The molecule has 3 rings (SSSR count). The first-order valence-electron chi connectivity index (χ1n) is 9.32. The Hall–Kier alpha value is -2.60. The van der Waals surface area contributed by atoms with E-state index in [2.05, 4.69) is 67.6 Å². The highest BCUT2D eigenvalue weighted by Gasteiger charge is 2.07. The van der Waals surface area contributed by atoms with Gasteiger partial charge in [0, 0.05) is 17.4 Å². The second-order valence-corrected chi connectivity index (χ2v) is 7.91. The smallest absolute Gasteiger partial charge is 0.407 e. The van der Waals surface area contributed by atoms with E-state index in [-0.39, 0.29) is 6.09 Å². The minimum atomic E-state index is -0.385. The summed E-state index contributed by atoms with van der Waals surface area (Å²) in [5, 5.41) is 2.74. The topological polar surface area (TPSA) is 67.0 Å². The third-order valence-corrected chi connectivity index (χ3v) is 4.71. The van der Waals surface area contributed by atoms with E-state index >= 15 is 0 Å². The number of hydrogen-bond acceptors (Lipinski definition) is 3. The lowest BCUT2D eigenvalue weighted by Crippen LogP contribution is -2.27. The molecule has 0 aliphatic rings. The lowest BCUT2D eigenvalue weighted by Gasteiger charge is -2.08. The maximum Gasteiger partial charge on any atom is 0.407 e. The molecule has 0 atom stereocenters. The number of halogens is 1. The summed E-state index contributed by atoms with van der Waals surface area (Å²) in [5.41, 5.74) is 4.37. The number of aromatic amines is 1. The highest BCUT2D eigenvalue weighted by atomic mass is 79.9. The van der Waals surface area contributed by atoms with Crippen molar-refractivity contribution in [1.29, 1.82) is 0 Å². The monoisotopic (exact) mass is 441 g/mol. The Morgan fingerprint density at radius 2 is 1.68 bits per heavy atom. The summed E-state index contributed by atoms with van der Waals surface area (Å²) in [7, 11) is 0. The van der Waals surface area contributed by atoms with Crippen molar-refractivity contribution in [2.45, 2.75) is 20.3 Å². The molecule has 0 bridgehead atoms. The van der Waals surface area contributed by atoms with Crippen LogP contribution in [-0.2, 0) is 11.2 Å². The molecule has 2 aromatic carbocycles. The molecular weight excluding hydrogens is 418 g/mol. The molecule has 0 radical (unpaired) electrons. The minimum absolute atomic E-state index is 0.327. The average molecular weight is 442 g/mol. The van der Waals surface area contributed by atoms with Crippen LogP contribution in [0.25, 0.3) is 22.4 Å². The predicted octanol–water partition coefficient (Wildman–Crippen LogP) is 5.43. The highest BCUT2D eigenvalue weighted by Crippen LogP contribution is 2.25. The zero-order valence-electron chi connectivity index (χ0n) is 16.0. The average Bonchev–Trinajstić information content (AvgIpc) is 3.16. The van der Waals surface area contributed by atoms with Crippen molar-refractivity contribution in [3.8, 4) is 22.4 Å². The van der Waals surface area contributed by atoms with Crippen molar-refractivity contribution in [1.82, 2.24) is 15.3 Å². The third kappa shape index (κ3) is 5.70. The van der Waals surface area contributed by atoms with Crippen LogP contribution in [0.15, 0.2) is 59.2 Å². The number of amides is 1. The van der Waals surface area contributed by atoms with Gasteiger partial charge in [-0.05, 0) is 34.7 Å². The molecular formula is C22H24BrN3O2. The molecule has 0 aliphatic carbocycles. The van der Waals surface area contributed by atoms with E-state index in [1.54, 1.807) is 0 Å². The first-order valence-corrected chi connectivity index (χ1v) is 10.1. The number of nitrogens with zero attached hydrogens (tertiary/aromatic N) is 1. The van der Waals surface area contributed by atoms with Gasteiger partial charge in [-0.2, -0.15) is 0 Å². The Balaban J connectivity index is 1.55. The van der Waals surface area contributed by atoms with Crippen molar-refractivity contribution in [3.63, 3.8) is 0 Å². The Bertz CT molecular complexity index is 902. The van der Waals surface area contributed by atoms with Crippen LogP contribution in [0.5, 0.6) is 0 Å². The molecule has 0 spiro atoms. The van der Waals surface area contributed by atoms with Crippen molar-refractivity contribution in [2.75, 3.05) is 13.2 Å². The van der Waals surface area contributed by atoms with Gasteiger partial charge in [0.2, 0.25) is 0 Å². The third-order valence-electron chi connectivity index (χ3n) is 4.18. The Morgan fingerprint density at radius 1 is 1.07 bits per heavy atom. The molecule has 0 saturated heterocycles. The molecule has 1 aromatic heterocycles. The van der Waals surface area contributed by atoms with E-state index in [4.69, 9.17) is 4.74 Å². The van der Waals surface area contributed by atoms with Crippen LogP contribution in [0, 0.1) is 5.92 Å². The van der Waals surface area contributed by atoms with Crippen LogP contribution in [0.3, 0.4) is 0 Å². The van der Waals surface area contributed by atoms with Crippen LogP contribution in [0.1, 0.15) is 19.7 Å². The van der Waals surface area contributed by atoms with Crippen LogP contribution in [0.4, 0.5) is 4.79 Å². The molecule has 28 heavy (non-hydrogen) atoms. The number of imidazole rings is 1. The normalized spacial score (nSPS) is 10.9. The summed E-state index contributed by atoms with van der Waals surface area (Å²) in [6.45, 7) is 4.91. The highest BCUT2D eigenvalue weighted by molar-refractivity contribution is 9.10. The van der Waals surface area contributed by atoms with Crippen LogP contribution < -0.4 is 5.32 Å². The Kier molecular flexibility index (Phi) is 6.87. The van der Waals surface area contributed by atoms with Crippen LogP contribution in [-0.4, -0.2) is 29.2 Å². The van der Waals surface area contributed by atoms with Gasteiger partial charge in [0.05, 0.1) is 18.5 Å². The van der Waals surface area contributed by atoms with E-state index in [9.17, 15) is 4.79 Å². The number of benzene rings is 2. The second-order valence-electron chi connectivity index (χ2n) is 7.00. The van der Waals surface area contributed by atoms with Crippen molar-refractivity contribution in [3.05, 3.63) is 65.0 Å². The molecule has 3 aromatic rings. The lowest BCUT2D eigenvalue weighted by atomic mass is 10.0. The van der Waals surface area contributed by atoms with Gasteiger partial charge in [0.15, 0.2) is 0 Å². The van der Waals surface area contributed by atoms with Gasteiger partial charge >= 0.3 is 6.09 Å². The molecule has 5 nitrogen and oxygen atoms in total. The van der Waals surface area contributed by atoms with E-state index in [1.807, 2.05) is 32.2 Å². The van der Waals surface area contributed by atoms with E-state index in [1.165, 1.54) is 11.1 Å². The summed E-state index contributed by atoms with van der Waals surface area (Å²) in [4.78, 5) is 19.3. The van der Waals surface area contributed by atoms with Gasteiger partial charge in [0.25, 0.3) is 0 Å². The zero-order chi connectivity index (χ0) is 19.9. The largest absolute Gasteiger partial charge is 0.449 e. The van der Waals surface area contributed by atoms with Gasteiger partial charge in [-0.25, -0.2) is 9.78 Å². The lowest BCUT2D eigenvalue weighted by molar-refractivity contribution is 0.133. The molecule has 2 N–H and O–H groups in total. The fourth-order valence-electron chi connectivity index (χ4n) is 2.70. The van der Waals surface area contributed by atoms with Gasteiger partial charge in [-0.15, -0.1) is 0 Å². The standard InChI is InChI=1S/C22H24BrN3O2/c1-15(2)14-28-22(27)24-12-11-21-25-13-20(26-21)18-5-3-16(4-6-18)17-7-9-19(23)10-8-17/h3-10,13,15H,11-12,14H2,1-2H3,(H,24,27)(H,25,26). The van der Waals surface area contributed by atoms with Crippen molar-refractivity contribution < 1.29 is 9.53 Å². The molecule has 6 heteroatoms. The quantitative estimate of drug-likeness (QED) is 0.513. The summed E-state index contributed by atoms with van der Waals surface area (Å²) in [5.74, 6) is 1.16. The SMILES string of the molecule is CC(C)COC(=O)NCCc1ncc(-c2ccc(-c3ccc(Br)cc3)cc2)[nH]1. The Labute approximate surface area is 173 Å². The van der Waals surface area contributed by atoms with Crippen LogP contribution in [0.2, 0.25) is 0 Å². The number of H-pyrrole nitrogens is 1. The van der Waals surface area contributed by atoms with Gasteiger partial charge < -0.3 is 15.0 Å².